The Balaban J connectivity index is 2.27. The summed E-state index contributed by atoms with van der Waals surface area (Å²) in [5.74, 6) is 0.756. The summed E-state index contributed by atoms with van der Waals surface area (Å²) in [6.45, 7) is 12.2. The van der Waals surface area contributed by atoms with Gasteiger partial charge in [-0.25, -0.2) is 13.1 Å². The van der Waals surface area contributed by atoms with Crippen LogP contribution in [-0.2, 0) is 16.6 Å². The molecule has 1 fully saturated rings. The third kappa shape index (κ3) is 3.70. The quantitative estimate of drug-likeness (QED) is 0.857. The number of nitrogens with one attached hydrogen (secondary N) is 2. The monoisotopic (exact) mass is 328 g/mol. The van der Waals surface area contributed by atoms with Crippen molar-refractivity contribution in [1.29, 1.82) is 0 Å². The average molecular weight is 328 g/mol. The van der Waals surface area contributed by atoms with Crippen molar-refractivity contribution in [1.82, 2.24) is 19.8 Å². The van der Waals surface area contributed by atoms with E-state index in [9.17, 15) is 8.42 Å². The lowest BCUT2D eigenvalue weighted by molar-refractivity contribution is 0.327. The van der Waals surface area contributed by atoms with E-state index in [-0.39, 0.29) is 6.04 Å². The molecule has 1 saturated heterocycles. The van der Waals surface area contributed by atoms with Gasteiger partial charge < -0.3 is 5.32 Å². The molecular formula is C15H28N4O2S. The minimum atomic E-state index is -3.54. The lowest BCUT2D eigenvalue weighted by Gasteiger charge is -2.30. The molecular weight excluding hydrogens is 300 g/mol. The first-order valence-corrected chi connectivity index (χ1v) is 9.47. The average Bonchev–Trinajstić information content (AvgIpc) is 2.66. The Hall–Kier alpha value is -0.920. The van der Waals surface area contributed by atoms with Crippen molar-refractivity contribution in [2.24, 2.45) is 11.8 Å². The fraction of sp³-hybridized carbons (Fsp3) is 0.800. The van der Waals surface area contributed by atoms with Crippen molar-refractivity contribution in [2.45, 2.75) is 58.5 Å². The van der Waals surface area contributed by atoms with Crippen molar-refractivity contribution >= 4 is 10.0 Å². The smallest absolute Gasteiger partial charge is 0.244 e. The molecule has 0 bridgehead atoms. The Labute approximate surface area is 133 Å². The molecule has 2 atom stereocenters. The molecule has 0 aromatic carbocycles. The molecule has 126 valence electrons. The summed E-state index contributed by atoms with van der Waals surface area (Å²) in [7, 11) is -3.54. The van der Waals surface area contributed by atoms with E-state index in [2.05, 4.69) is 35.9 Å². The number of sulfonamides is 1. The van der Waals surface area contributed by atoms with Gasteiger partial charge in [0.1, 0.15) is 4.90 Å². The molecule has 0 saturated carbocycles. The van der Waals surface area contributed by atoms with E-state index in [1.807, 2.05) is 6.92 Å². The van der Waals surface area contributed by atoms with E-state index in [0.717, 1.165) is 25.2 Å². The van der Waals surface area contributed by atoms with Gasteiger partial charge in [0.2, 0.25) is 10.0 Å². The maximum Gasteiger partial charge on any atom is 0.244 e. The van der Waals surface area contributed by atoms with Crippen LogP contribution in [0.3, 0.4) is 0 Å². The fourth-order valence-electron chi connectivity index (χ4n) is 3.00. The molecule has 6 nitrogen and oxygen atoms in total. The van der Waals surface area contributed by atoms with Gasteiger partial charge in [-0.05, 0) is 38.6 Å². The summed E-state index contributed by atoms with van der Waals surface area (Å²) in [6.07, 6.45) is 0.984. The zero-order chi connectivity index (χ0) is 16.5. The molecule has 1 aromatic rings. The van der Waals surface area contributed by atoms with Gasteiger partial charge in [-0.1, -0.05) is 20.8 Å². The van der Waals surface area contributed by atoms with Crippen LogP contribution in [0.5, 0.6) is 0 Å². The molecule has 2 unspecified atom stereocenters. The molecule has 22 heavy (non-hydrogen) atoms. The van der Waals surface area contributed by atoms with Crippen LogP contribution in [0.25, 0.3) is 0 Å². The van der Waals surface area contributed by atoms with Crippen LogP contribution >= 0.6 is 0 Å². The van der Waals surface area contributed by atoms with Crippen LogP contribution in [0.2, 0.25) is 0 Å². The third-order valence-electron chi connectivity index (χ3n) is 4.26. The Bertz CT molecular complexity index is 622. The number of hydrogen-bond acceptors (Lipinski definition) is 4. The van der Waals surface area contributed by atoms with Crippen LogP contribution < -0.4 is 10.0 Å². The van der Waals surface area contributed by atoms with Gasteiger partial charge in [0.25, 0.3) is 0 Å². The summed E-state index contributed by atoms with van der Waals surface area (Å²) in [5, 5.41) is 7.66. The first-order valence-electron chi connectivity index (χ1n) is 7.99. The first kappa shape index (κ1) is 17.4. The summed E-state index contributed by atoms with van der Waals surface area (Å²) in [4.78, 5) is 0.339. The molecule has 0 aliphatic carbocycles. The SMILES string of the molecule is Cc1nn(CC(C)C)c(C)c1S(=O)(=O)NC1CNCCC1C. The molecule has 2 rings (SSSR count). The van der Waals surface area contributed by atoms with Crippen molar-refractivity contribution in [2.75, 3.05) is 13.1 Å². The molecule has 0 radical (unpaired) electrons. The molecule has 0 spiro atoms. The first-order chi connectivity index (χ1) is 10.2. The second-order valence-corrected chi connectivity index (χ2v) is 8.42. The predicted octanol–water partition coefficient (Wildman–Crippen LogP) is 1.43. The van der Waals surface area contributed by atoms with E-state index in [1.54, 1.807) is 11.6 Å². The van der Waals surface area contributed by atoms with Crippen molar-refractivity contribution in [3.05, 3.63) is 11.4 Å². The van der Waals surface area contributed by atoms with Gasteiger partial charge in [-0.2, -0.15) is 5.10 Å². The van der Waals surface area contributed by atoms with Gasteiger partial charge in [-0.15, -0.1) is 0 Å². The van der Waals surface area contributed by atoms with E-state index < -0.39 is 10.0 Å². The van der Waals surface area contributed by atoms with Gasteiger partial charge in [-0.3, -0.25) is 4.68 Å². The number of aromatic nitrogens is 2. The fourth-order valence-corrected chi connectivity index (χ4v) is 4.75. The van der Waals surface area contributed by atoms with Crippen molar-refractivity contribution in [3.63, 3.8) is 0 Å². The summed E-state index contributed by atoms with van der Waals surface area (Å²) >= 11 is 0. The molecule has 2 N–H and O–H groups in total. The Morgan fingerprint density at radius 1 is 1.41 bits per heavy atom. The maximum absolute atomic E-state index is 12.8. The zero-order valence-electron chi connectivity index (χ0n) is 14.2. The number of aryl methyl sites for hydroxylation is 1. The lowest BCUT2D eigenvalue weighted by atomic mass is 9.96. The highest BCUT2D eigenvalue weighted by atomic mass is 32.2. The number of piperidine rings is 1. The Morgan fingerprint density at radius 2 is 2.09 bits per heavy atom. The van der Waals surface area contributed by atoms with E-state index in [0.29, 0.717) is 29.0 Å². The minimum absolute atomic E-state index is 0.0639. The largest absolute Gasteiger partial charge is 0.315 e. The second-order valence-electron chi connectivity index (χ2n) is 6.77. The Kier molecular flexibility index (Phi) is 5.29. The van der Waals surface area contributed by atoms with E-state index >= 15 is 0 Å². The lowest BCUT2D eigenvalue weighted by Crippen LogP contribution is -2.50. The number of rotatable bonds is 5. The van der Waals surface area contributed by atoms with Crippen LogP contribution in [0, 0.1) is 25.7 Å². The molecule has 1 aliphatic rings. The van der Waals surface area contributed by atoms with E-state index in [4.69, 9.17) is 0 Å². The minimum Gasteiger partial charge on any atom is -0.315 e. The van der Waals surface area contributed by atoms with Crippen LogP contribution in [-0.4, -0.2) is 37.3 Å². The summed E-state index contributed by atoms with van der Waals surface area (Å²) in [6, 6.07) is -0.0639. The molecule has 1 aliphatic heterocycles. The topological polar surface area (TPSA) is 76.0 Å². The molecule has 1 aromatic heterocycles. The summed E-state index contributed by atoms with van der Waals surface area (Å²) < 4.78 is 30.3. The number of hydrogen-bond donors (Lipinski definition) is 2. The van der Waals surface area contributed by atoms with Crippen LogP contribution in [0.1, 0.15) is 38.6 Å². The maximum atomic E-state index is 12.8. The summed E-state index contributed by atoms with van der Waals surface area (Å²) in [5.41, 5.74) is 1.29. The third-order valence-corrected chi connectivity index (χ3v) is 6.00. The van der Waals surface area contributed by atoms with Crippen molar-refractivity contribution in [3.8, 4) is 0 Å². The van der Waals surface area contributed by atoms with Gasteiger partial charge >= 0.3 is 0 Å². The standard InChI is InChI=1S/C15H28N4O2S/c1-10(2)9-19-13(5)15(12(4)17-19)22(20,21)18-14-8-16-7-6-11(14)3/h10-11,14,16,18H,6-9H2,1-5H3. The molecule has 7 heteroatoms. The highest BCUT2D eigenvalue weighted by Crippen LogP contribution is 2.22. The van der Waals surface area contributed by atoms with Crippen LogP contribution in [0.15, 0.2) is 4.90 Å². The van der Waals surface area contributed by atoms with Gasteiger partial charge in [0.05, 0.1) is 11.4 Å². The van der Waals surface area contributed by atoms with Crippen LogP contribution in [0.4, 0.5) is 0 Å². The van der Waals surface area contributed by atoms with E-state index in [1.165, 1.54) is 0 Å². The predicted molar refractivity (Wildman–Crippen MR) is 87.3 cm³/mol. The highest BCUT2D eigenvalue weighted by Gasteiger charge is 2.30. The molecule has 2 heterocycles. The normalized spacial score (nSPS) is 23.2. The Morgan fingerprint density at radius 3 is 2.68 bits per heavy atom. The van der Waals surface area contributed by atoms with Gasteiger partial charge in [0, 0.05) is 19.1 Å². The molecule has 0 amide bonds. The highest BCUT2D eigenvalue weighted by molar-refractivity contribution is 7.89. The number of nitrogens with zero attached hydrogens (tertiary/aromatic N) is 2. The van der Waals surface area contributed by atoms with Crippen molar-refractivity contribution < 1.29 is 8.42 Å². The zero-order valence-corrected chi connectivity index (χ0v) is 15.0. The van der Waals surface area contributed by atoms with Gasteiger partial charge in [0.15, 0.2) is 0 Å². The second kappa shape index (κ2) is 6.68.